The van der Waals surface area contributed by atoms with E-state index >= 15 is 0 Å². The van der Waals surface area contributed by atoms with Gasteiger partial charge in [0.25, 0.3) is 0 Å². The number of rotatable bonds is 6. The average molecular weight is 340 g/mol. The number of hydrogen-bond donors (Lipinski definition) is 2. The summed E-state index contributed by atoms with van der Waals surface area (Å²) < 4.78 is 5.70. The Morgan fingerprint density at radius 3 is 2.16 bits per heavy atom. The van der Waals surface area contributed by atoms with Gasteiger partial charge in [0.1, 0.15) is 5.75 Å². The first kappa shape index (κ1) is 18.5. The number of carbonyl (C=O) groups excluding carboxylic acids is 2. The predicted octanol–water partition coefficient (Wildman–Crippen LogP) is 2.71. The van der Waals surface area contributed by atoms with Gasteiger partial charge < -0.3 is 15.4 Å². The summed E-state index contributed by atoms with van der Waals surface area (Å²) in [6.45, 7) is 6.43. The van der Waals surface area contributed by atoms with Crippen LogP contribution < -0.4 is 15.4 Å². The standard InChI is InChI=1S/C20H24N2O3/c1-14(2)25-18-7-5-4-6-17(18)13-22-20(24)19(23)21-12-16-10-8-15(3)9-11-16/h4-11,14H,12-13H2,1-3H3,(H,21,23)(H,22,24). The highest BCUT2D eigenvalue weighted by atomic mass is 16.5. The zero-order valence-electron chi connectivity index (χ0n) is 14.8. The molecule has 2 aromatic rings. The van der Waals surface area contributed by atoms with E-state index in [9.17, 15) is 9.59 Å². The molecule has 2 aromatic carbocycles. The van der Waals surface area contributed by atoms with Crippen LogP contribution in [0.3, 0.4) is 0 Å². The number of para-hydroxylation sites is 1. The third-order valence-electron chi connectivity index (χ3n) is 3.55. The van der Waals surface area contributed by atoms with Crippen molar-refractivity contribution in [1.29, 1.82) is 0 Å². The number of nitrogens with one attached hydrogen (secondary N) is 2. The second kappa shape index (κ2) is 8.87. The summed E-state index contributed by atoms with van der Waals surface area (Å²) in [5.74, 6) is -0.604. The van der Waals surface area contributed by atoms with Gasteiger partial charge in [-0.1, -0.05) is 48.0 Å². The molecule has 25 heavy (non-hydrogen) atoms. The number of ether oxygens (including phenoxy) is 1. The van der Waals surface area contributed by atoms with Gasteiger partial charge in [0.2, 0.25) is 0 Å². The molecular weight excluding hydrogens is 316 g/mol. The summed E-state index contributed by atoms with van der Waals surface area (Å²) >= 11 is 0. The Morgan fingerprint density at radius 1 is 0.920 bits per heavy atom. The minimum absolute atomic E-state index is 0.0367. The molecule has 0 atom stereocenters. The van der Waals surface area contributed by atoms with Crippen LogP contribution in [0, 0.1) is 6.92 Å². The van der Waals surface area contributed by atoms with Crippen LogP contribution in [-0.4, -0.2) is 17.9 Å². The molecule has 0 radical (unpaired) electrons. The first-order valence-electron chi connectivity index (χ1n) is 8.32. The van der Waals surface area contributed by atoms with E-state index in [1.54, 1.807) is 0 Å². The first-order valence-corrected chi connectivity index (χ1v) is 8.32. The first-order chi connectivity index (χ1) is 12.0. The molecule has 0 spiro atoms. The van der Waals surface area contributed by atoms with E-state index in [-0.39, 0.29) is 12.6 Å². The summed E-state index contributed by atoms with van der Waals surface area (Å²) in [4.78, 5) is 23.9. The Bertz CT molecular complexity index is 724. The second-order valence-corrected chi connectivity index (χ2v) is 6.13. The van der Waals surface area contributed by atoms with E-state index in [2.05, 4.69) is 10.6 Å². The van der Waals surface area contributed by atoms with Gasteiger partial charge in [-0.2, -0.15) is 0 Å². The molecule has 5 nitrogen and oxygen atoms in total. The Kier molecular flexibility index (Phi) is 6.57. The van der Waals surface area contributed by atoms with Crippen molar-refractivity contribution < 1.29 is 14.3 Å². The molecule has 0 aliphatic rings. The Morgan fingerprint density at radius 2 is 1.52 bits per heavy atom. The normalized spacial score (nSPS) is 10.4. The molecule has 5 heteroatoms. The van der Waals surface area contributed by atoms with E-state index in [1.807, 2.05) is 69.3 Å². The third kappa shape index (κ3) is 5.95. The monoisotopic (exact) mass is 340 g/mol. The number of amides is 2. The minimum Gasteiger partial charge on any atom is -0.491 e. The molecule has 132 valence electrons. The van der Waals surface area contributed by atoms with Crippen LogP contribution in [0.4, 0.5) is 0 Å². The van der Waals surface area contributed by atoms with Crippen molar-refractivity contribution in [3.8, 4) is 5.75 Å². The SMILES string of the molecule is Cc1ccc(CNC(=O)C(=O)NCc2ccccc2OC(C)C)cc1. The fraction of sp³-hybridized carbons (Fsp3) is 0.300. The molecule has 2 N–H and O–H groups in total. The van der Waals surface area contributed by atoms with Gasteiger partial charge in [-0.25, -0.2) is 0 Å². The van der Waals surface area contributed by atoms with Crippen LogP contribution in [0.25, 0.3) is 0 Å². The Labute approximate surface area is 148 Å². The third-order valence-corrected chi connectivity index (χ3v) is 3.55. The summed E-state index contributed by atoms with van der Waals surface area (Å²) in [6, 6.07) is 15.2. The zero-order chi connectivity index (χ0) is 18.2. The minimum atomic E-state index is -0.661. The van der Waals surface area contributed by atoms with Crippen molar-refractivity contribution in [3.05, 3.63) is 65.2 Å². The van der Waals surface area contributed by atoms with Crippen LogP contribution in [0.15, 0.2) is 48.5 Å². The molecule has 2 rings (SSSR count). The Balaban J connectivity index is 1.85. The molecule has 0 aliphatic carbocycles. The Hall–Kier alpha value is -2.82. The van der Waals surface area contributed by atoms with E-state index in [1.165, 1.54) is 0 Å². The summed E-state index contributed by atoms with van der Waals surface area (Å²) in [6.07, 6.45) is 0.0367. The highest BCUT2D eigenvalue weighted by Crippen LogP contribution is 2.19. The van der Waals surface area contributed by atoms with E-state index in [4.69, 9.17) is 4.74 Å². The van der Waals surface area contributed by atoms with Gasteiger partial charge in [-0.3, -0.25) is 9.59 Å². The van der Waals surface area contributed by atoms with Crippen LogP contribution in [0.5, 0.6) is 5.75 Å². The van der Waals surface area contributed by atoms with E-state index in [0.717, 1.165) is 16.7 Å². The van der Waals surface area contributed by atoms with E-state index < -0.39 is 11.8 Å². The molecule has 0 fully saturated rings. The lowest BCUT2D eigenvalue weighted by molar-refractivity contribution is -0.139. The highest BCUT2D eigenvalue weighted by Gasteiger charge is 2.14. The van der Waals surface area contributed by atoms with Crippen LogP contribution in [0.1, 0.15) is 30.5 Å². The van der Waals surface area contributed by atoms with Crippen molar-refractivity contribution in [2.75, 3.05) is 0 Å². The number of hydrogen-bond acceptors (Lipinski definition) is 3. The fourth-order valence-electron chi connectivity index (χ4n) is 2.24. The largest absolute Gasteiger partial charge is 0.491 e. The number of aryl methyl sites for hydroxylation is 1. The molecular formula is C20H24N2O3. The quantitative estimate of drug-likeness (QED) is 0.795. The molecule has 2 amide bonds. The van der Waals surface area contributed by atoms with Gasteiger partial charge in [0.15, 0.2) is 0 Å². The average Bonchev–Trinajstić information content (AvgIpc) is 2.59. The maximum atomic E-state index is 12.0. The van der Waals surface area contributed by atoms with Crippen LogP contribution >= 0.6 is 0 Å². The van der Waals surface area contributed by atoms with Crippen molar-refractivity contribution in [3.63, 3.8) is 0 Å². The lowest BCUT2D eigenvalue weighted by Gasteiger charge is -2.14. The van der Waals surface area contributed by atoms with Gasteiger partial charge in [0, 0.05) is 18.7 Å². The smallest absolute Gasteiger partial charge is 0.309 e. The lowest BCUT2D eigenvalue weighted by Crippen LogP contribution is -2.39. The van der Waals surface area contributed by atoms with Gasteiger partial charge in [0.05, 0.1) is 6.10 Å². The predicted molar refractivity (Wildman–Crippen MR) is 97.1 cm³/mol. The van der Waals surface area contributed by atoms with Crippen molar-refractivity contribution in [2.45, 2.75) is 40.0 Å². The lowest BCUT2D eigenvalue weighted by atomic mass is 10.1. The molecule has 0 unspecified atom stereocenters. The molecule has 0 heterocycles. The maximum Gasteiger partial charge on any atom is 0.309 e. The van der Waals surface area contributed by atoms with Gasteiger partial charge in [-0.15, -0.1) is 0 Å². The fourth-order valence-corrected chi connectivity index (χ4v) is 2.24. The molecule has 0 bridgehead atoms. The van der Waals surface area contributed by atoms with Gasteiger partial charge in [-0.05, 0) is 32.4 Å². The number of benzene rings is 2. The molecule has 0 aromatic heterocycles. The maximum absolute atomic E-state index is 12.0. The summed E-state index contributed by atoms with van der Waals surface area (Å²) in [7, 11) is 0. The van der Waals surface area contributed by atoms with E-state index in [0.29, 0.717) is 12.3 Å². The van der Waals surface area contributed by atoms with Gasteiger partial charge >= 0.3 is 11.8 Å². The van der Waals surface area contributed by atoms with Crippen LogP contribution in [0.2, 0.25) is 0 Å². The topological polar surface area (TPSA) is 67.4 Å². The highest BCUT2D eigenvalue weighted by molar-refractivity contribution is 6.35. The second-order valence-electron chi connectivity index (χ2n) is 6.13. The molecule has 0 saturated carbocycles. The summed E-state index contributed by atoms with van der Waals surface area (Å²) in [5, 5.41) is 5.25. The molecule has 0 aliphatic heterocycles. The van der Waals surface area contributed by atoms with Crippen LogP contribution in [-0.2, 0) is 22.7 Å². The van der Waals surface area contributed by atoms with Crippen molar-refractivity contribution in [2.24, 2.45) is 0 Å². The number of carbonyl (C=O) groups is 2. The molecule has 0 saturated heterocycles. The zero-order valence-corrected chi connectivity index (χ0v) is 14.8. The van der Waals surface area contributed by atoms with Crippen molar-refractivity contribution >= 4 is 11.8 Å². The van der Waals surface area contributed by atoms with Crippen molar-refractivity contribution in [1.82, 2.24) is 10.6 Å². The summed E-state index contributed by atoms with van der Waals surface area (Å²) in [5.41, 5.74) is 2.92.